The van der Waals surface area contributed by atoms with Crippen molar-refractivity contribution in [2.24, 2.45) is 5.92 Å². The second kappa shape index (κ2) is 6.20. The summed E-state index contributed by atoms with van der Waals surface area (Å²) in [6.07, 6.45) is 2.51. The van der Waals surface area contributed by atoms with E-state index in [0.717, 1.165) is 19.3 Å². The number of carbonyl (C=O) groups excluding carboxylic acids is 1. The maximum Gasteiger partial charge on any atom is 0.315 e. The van der Waals surface area contributed by atoms with Crippen molar-refractivity contribution >= 4 is 17.4 Å². The van der Waals surface area contributed by atoms with Crippen LogP contribution in [0.25, 0.3) is 0 Å². The first-order valence-corrected chi connectivity index (χ1v) is 7.20. The van der Waals surface area contributed by atoms with Crippen LogP contribution < -0.4 is 10.6 Å². The number of rotatable bonds is 4. The molecule has 1 heterocycles. The Bertz CT molecular complexity index is 405. The molecule has 1 aromatic heterocycles. The minimum atomic E-state index is -0.172. The quantitative estimate of drug-likeness (QED) is 0.782. The zero-order valence-electron chi connectivity index (χ0n) is 10.6. The third kappa shape index (κ3) is 3.99. The van der Waals surface area contributed by atoms with E-state index >= 15 is 0 Å². The van der Waals surface area contributed by atoms with Crippen molar-refractivity contribution in [2.75, 3.05) is 6.54 Å². The Hall–Kier alpha value is -1.07. The number of thiophene rings is 1. The highest BCUT2D eigenvalue weighted by Gasteiger charge is 2.22. The smallest absolute Gasteiger partial charge is 0.315 e. The highest BCUT2D eigenvalue weighted by atomic mass is 32.1. The summed E-state index contributed by atoms with van der Waals surface area (Å²) in [6, 6.07) is 3.97. The van der Waals surface area contributed by atoms with Gasteiger partial charge in [-0.25, -0.2) is 4.79 Å². The Balaban J connectivity index is 1.63. The molecule has 2 rings (SSSR count). The fraction of sp³-hybridized carbons (Fsp3) is 0.615. The summed E-state index contributed by atoms with van der Waals surface area (Å²) in [4.78, 5) is 14.0. The molecule has 2 atom stereocenters. The number of urea groups is 1. The molecule has 0 spiro atoms. The van der Waals surface area contributed by atoms with E-state index in [1.165, 1.54) is 9.75 Å². The van der Waals surface area contributed by atoms with Gasteiger partial charge in [-0.05, 0) is 44.2 Å². The van der Waals surface area contributed by atoms with Gasteiger partial charge < -0.3 is 15.7 Å². The van der Waals surface area contributed by atoms with Gasteiger partial charge in [-0.1, -0.05) is 0 Å². The van der Waals surface area contributed by atoms with E-state index in [2.05, 4.69) is 23.6 Å². The molecule has 1 aliphatic carbocycles. The molecule has 18 heavy (non-hydrogen) atoms. The molecule has 5 heteroatoms. The Morgan fingerprint density at radius 1 is 1.44 bits per heavy atom. The first kappa shape index (κ1) is 13.4. The highest BCUT2D eigenvalue weighted by Crippen LogP contribution is 2.24. The van der Waals surface area contributed by atoms with Crippen molar-refractivity contribution in [3.63, 3.8) is 0 Å². The first-order chi connectivity index (χ1) is 8.63. The lowest BCUT2D eigenvalue weighted by atomic mass is 10.1. The molecule has 0 saturated heterocycles. The molecular formula is C13H20N2O2S. The second-order valence-electron chi connectivity index (χ2n) is 4.91. The molecular weight excluding hydrogens is 248 g/mol. The van der Waals surface area contributed by atoms with Crippen molar-refractivity contribution in [1.82, 2.24) is 10.6 Å². The molecule has 1 fully saturated rings. The lowest BCUT2D eigenvalue weighted by Gasteiger charge is -2.11. The molecule has 0 bridgehead atoms. The van der Waals surface area contributed by atoms with Crippen LogP contribution in [0.1, 0.15) is 29.0 Å². The van der Waals surface area contributed by atoms with Gasteiger partial charge in [0.1, 0.15) is 0 Å². The largest absolute Gasteiger partial charge is 0.393 e. The molecule has 0 radical (unpaired) electrons. The molecule has 0 aromatic carbocycles. The standard InChI is InChI=1S/C13H20N2O2S/c1-9-2-5-12(18-9)8-15-13(17)14-7-10-3-4-11(16)6-10/h2,5,10-11,16H,3-4,6-8H2,1H3,(H2,14,15,17). The topological polar surface area (TPSA) is 61.4 Å². The third-order valence-electron chi connectivity index (χ3n) is 3.28. The number of hydrogen-bond donors (Lipinski definition) is 3. The lowest BCUT2D eigenvalue weighted by molar-refractivity contribution is 0.177. The number of hydrogen-bond acceptors (Lipinski definition) is 3. The van der Waals surface area contributed by atoms with Gasteiger partial charge in [-0.15, -0.1) is 11.3 Å². The van der Waals surface area contributed by atoms with Crippen molar-refractivity contribution < 1.29 is 9.90 Å². The Morgan fingerprint density at radius 3 is 2.89 bits per heavy atom. The summed E-state index contributed by atoms with van der Waals surface area (Å²) in [5, 5.41) is 15.1. The van der Waals surface area contributed by atoms with E-state index in [9.17, 15) is 9.90 Å². The molecule has 1 saturated carbocycles. The van der Waals surface area contributed by atoms with Gasteiger partial charge >= 0.3 is 6.03 Å². The van der Waals surface area contributed by atoms with Gasteiger partial charge in [0.15, 0.2) is 0 Å². The number of amides is 2. The zero-order valence-corrected chi connectivity index (χ0v) is 11.4. The minimum absolute atomic E-state index is 0.123. The van der Waals surface area contributed by atoms with E-state index in [1.807, 2.05) is 6.07 Å². The summed E-state index contributed by atoms with van der Waals surface area (Å²) in [5.74, 6) is 0.426. The van der Waals surface area contributed by atoms with Crippen LogP contribution in [-0.2, 0) is 6.54 Å². The number of aliphatic hydroxyl groups excluding tert-OH is 1. The molecule has 2 unspecified atom stereocenters. The van der Waals surface area contributed by atoms with Gasteiger partial charge in [-0.2, -0.15) is 0 Å². The van der Waals surface area contributed by atoms with E-state index in [0.29, 0.717) is 19.0 Å². The first-order valence-electron chi connectivity index (χ1n) is 6.38. The second-order valence-corrected chi connectivity index (χ2v) is 6.28. The molecule has 1 aliphatic rings. The van der Waals surface area contributed by atoms with E-state index in [-0.39, 0.29) is 12.1 Å². The maximum absolute atomic E-state index is 11.6. The zero-order chi connectivity index (χ0) is 13.0. The van der Waals surface area contributed by atoms with Gasteiger partial charge in [0.05, 0.1) is 12.6 Å². The van der Waals surface area contributed by atoms with Crippen LogP contribution in [-0.4, -0.2) is 23.8 Å². The van der Waals surface area contributed by atoms with E-state index in [1.54, 1.807) is 11.3 Å². The third-order valence-corrected chi connectivity index (χ3v) is 4.28. The number of carbonyl (C=O) groups is 1. The van der Waals surface area contributed by atoms with Gasteiger partial charge in [0.25, 0.3) is 0 Å². The number of aliphatic hydroxyl groups is 1. The highest BCUT2D eigenvalue weighted by molar-refractivity contribution is 7.11. The summed E-state index contributed by atoms with van der Waals surface area (Å²) < 4.78 is 0. The molecule has 1 aromatic rings. The lowest BCUT2D eigenvalue weighted by Crippen LogP contribution is -2.37. The number of nitrogens with one attached hydrogen (secondary N) is 2. The fourth-order valence-corrected chi connectivity index (χ4v) is 3.11. The Morgan fingerprint density at radius 2 is 2.28 bits per heavy atom. The summed E-state index contributed by atoms with van der Waals surface area (Å²) >= 11 is 1.70. The Labute approximate surface area is 111 Å². The van der Waals surface area contributed by atoms with Crippen LogP contribution in [0.3, 0.4) is 0 Å². The number of aryl methyl sites for hydroxylation is 1. The summed E-state index contributed by atoms with van der Waals surface area (Å²) in [6.45, 7) is 3.30. The van der Waals surface area contributed by atoms with Crippen LogP contribution in [0, 0.1) is 12.8 Å². The Kier molecular flexibility index (Phi) is 4.60. The molecule has 4 nitrogen and oxygen atoms in total. The molecule has 100 valence electrons. The summed E-state index contributed by atoms with van der Waals surface area (Å²) in [5.41, 5.74) is 0. The van der Waals surface area contributed by atoms with Crippen molar-refractivity contribution in [2.45, 2.75) is 38.8 Å². The predicted octanol–water partition coefficient (Wildman–Crippen LogP) is 2.02. The van der Waals surface area contributed by atoms with Crippen molar-refractivity contribution in [3.8, 4) is 0 Å². The van der Waals surface area contributed by atoms with Crippen LogP contribution in [0.5, 0.6) is 0 Å². The summed E-state index contributed by atoms with van der Waals surface area (Å²) in [7, 11) is 0. The maximum atomic E-state index is 11.6. The fourth-order valence-electron chi connectivity index (χ4n) is 2.28. The molecule has 3 N–H and O–H groups in total. The molecule has 2 amide bonds. The van der Waals surface area contributed by atoms with Crippen molar-refractivity contribution in [3.05, 3.63) is 21.9 Å². The van der Waals surface area contributed by atoms with Crippen LogP contribution in [0.4, 0.5) is 4.79 Å². The van der Waals surface area contributed by atoms with Crippen LogP contribution in [0.2, 0.25) is 0 Å². The van der Waals surface area contributed by atoms with E-state index < -0.39 is 0 Å². The van der Waals surface area contributed by atoms with Crippen molar-refractivity contribution in [1.29, 1.82) is 0 Å². The monoisotopic (exact) mass is 268 g/mol. The predicted molar refractivity (Wildman–Crippen MR) is 72.6 cm³/mol. The van der Waals surface area contributed by atoms with Crippen LogP contribution in [0.15, 0.2) is 12.1 Å². The van der Waals surface area contributed by atoms with Crippen LogP contribution >= 0.6 is 11.3 Å². The molecule has 0 aliphatic heterocycles. The van der Waals surface area contributed by atoms with Gasteiger partial charge in [-0.3, -0.25) is 0 Å². The average Bonchev–Trinajstić information content (AvgIpc) is 2.93. The SMILES string of the molecule is Cc1ccc(CNC(=O)NCC2CCC(O)C2)s1. The normalized spacial score (nSPS) is 23.0. The minimum Gasteiger partial charge on any atom is -0.393 e. The van der Waals surface area contributed by atoms with Gasteiger partial charge in [0, 0.05) is 16.3 Å². The van der Waals surface area contributed by atoms with E-state index in [4.69, 9.17) is 0 Å². The van der Waals surface area contributed by atoms with Gasteiger partial charge in [0.2, 0.25) is 0 Å². The average molecular weight is 268 g/mol.